The fourth-order valence-electron chi connectivity index (χ4n) is 2.18. The molecule has 106 valence electrons. The summed E-state index contributed by atoms with van der Waals surface area (Å²) in [5.41, 5.74) is 1.03. The number of rotatable bonds is 3. The molecule has 2 aromatic rings. The third kappa shape index (κ3) is 2.38. The minimum absolute atomic E-state index is 0.286. The number of nitrogens with one attached hydrogen (secondary N) is 1. The van der Waals surface area contributed by atoms with E-state index in [1.165, 1.54) is 0 Å². The van der Waals surface area contributed by atoms with Crippen molar-refractivity contribution >= 4 is 17.3 Å². The quantitative estimate of drug-likeness (QED) is 0.939. The molecule has 1 aromatic heterocycles. The van der Waals surface area contributed by atoms with Crippen LogP contribution in [-0.4, -0.2) is 46.7 Å². The van der Waals surface area contributed by atoms with Crippen LogP contribution in [0.25, 0.3) is 11.4 Å². The van der Waals surface area contributed by atoms with Crippen LogP contribution in [0.1, 0.15) is 0 Å². The fourth-order valence-corrected chi connectivity index (χ4v) is 2.39. The SMILES string of the molecule is FC(F)CN1CCOc2cc(Cl)cc(-c3nn[nH]n3)c21. The molecule has 0 atom stereocenters. The number of benzene rings is 1. The van der Waals surface area contributed by atoms with Crippen molar-refractivity contribution in [1.82, 2.24) is 20.6 Å². The Morgan fingerprint density at radius 2 is 2.30 bits per heavy atom. The minimum Gasteiger partial charge on any atom is -0.489 e. The molecular formula is C11H10ClF2N5O. The van der Waals surface area contributed by atoms with E-state index in [4.69, 9.17) is 16.3 Å². The zero-order valence-corrected chi connectivity index (χ0v) is 10.9. The molecule has 0 unspecified atom stereocenters. The number of nitrogens with zero attached hydrogens (tertiary/aromatic N) is 4. The molecule has 0 radical (unpaired) electrons. The van der Waals surface area contributed by atoms with Gasteiger partial charge in [-0.1, -0.05) is 11.6 Å². The number of H-pyrrole nitrogens is 1. The highest BCUT2D eigenvalue weighted by Gasteiger charge is 2.26. The van der Waals surface area contributed by atoms with Crippen LogP contribution >= 0.6 is 11.6 Å². The largest absolute Gasteiger partial charge is 0.489 e. The fraction of sp³-hybridized carbons (Fsp3) is 0.364. The minimum atomic E-state index is -2.45. The monoisotopic (exact) mass is 301 g/mol. The highest BCUT2D eigenvalue weighted by Crippen LogP contribution is 2.41. The lowest BCUT2D eigenvalue weighted by Crippen LogP contribution is -2.36. The molecule has 20 heavy (non-hydrogen) atoms. The molecule has 3 rings (SSSR count). The van der Waals surface area contributed by atoms with Crippen molar-refractivity contribution in [3.63, 3.8) is 0 Å². The number of hydrogen-bond acceptors (Lipinski definition) is 5. The molecule has 6 nitrogen and oxygen atoms in total. The average Bonchev–Trinajstić information content (AvgIpc) is 2.90. The first-order valence-corrected chi connectivity index (χ1v) is 6.26. The molecule has 0 fully saturated rings. The predicted octanol–water partition coefficient (Wildman–Crippen LogP) is 1.98. The van der Waals surface area contributed by atoms with Crippen molar-refractivity contribution in [3.8, 4) is 17.1 Å². The molecule has 1 aromatic carbocycles. The molecular weight excluding hydrogens is 292 g/mol. The van der Waals surface area contributed by atoms with Gasteiger partial charge < -0.3 is 9.64 Å². The van der Waals surface area contributed by atoms with Crippen LogP contribution in [0.2, 0.25) is 5.02 Å². The number of aromatic nitrogens is 4. The Morgan fingerprint density at radius 3 is 3.00 bits per heavy atom. The van der Waals surface area contributed by atoms with Crippen LogP contribution in [0.15, 0.2) is 12.1 Å². The lowest BCUT2D eigenvalue weighted by Gasteiger charge is -2.32. The van der Waals surface area contributed by atoms with E-state index in [2.05, 4.69) is 20.6 Å². The second-order valence-electron chi connectivity index (χ2n) is 4.22. The van der Waals surface area contributed by atoms with E-state index in [1.807, 2.05) is 0 Å². The van der Waals surface area contributed by atoms with Crippen LogP contribution < -0.4 is 9.64 Å². The van der Waals surface area contributed by atoms with Gasteiger partial charge in [-0.3, -0.25) is 0 Å². The lowest BCUT2D eigenvalue weighted by atomic mass is 10.1. The van der Waals surface area contributed by atoms with E-state index in [0.717, 1.165) is 0 Å². The van der Waals surface area contributed by atoms with E-state index < -0.39 is 6.43 Å². The van der Waals surface area contributed by atoms with Crippen molar-refractivity contribution in [2.24, 2.45) is 0 Å². The zero-order valence-electron chi connectivity index (χ0n) is 10.2. The van der Waals surface area contributed by atoms with E-state index in [-0.39, 0.29) is 12.4 Å². The Labute approximate surface area is 117 Å². The van der Waals surface area contributed by atoms with Gasteiger partial charge in [0.25, 0.3) is 6.43 Å². The number of ether oxygens (including phenoxy) is 1. The molecule has 2 heterocycles. The van der Waals surface area contributed by atoms with Gasteiger partial charge in [-0.25, -0.2) is 8.78 Å². The van der Waals surface area contributed by atoms with Gasteiger partial charge in [-0.2, -0.15) is 5.21 Å². The third-order valence-electron chi connectivity index (χ3n) is 2.92. The van der Waals surface area contributed by atoms with E-state index >= 15 is 0 Å². The number of halogens is 3. The summed E-state index contributed by atoms with van der Waals surface area (Å²) in [5.74, 6) is 0.734. The Morgan fingerprint density at radius 1 is 1.45 bits per heavy atom. The molecule has 0 saturated carbocycles. The Balaban J connectivity index is 2.12. The topological polar surface area (TPSA) is 66.9 Å². The number of aromatic amines is 1. The molecule has 1 aliphatic rings. The molecule has 9 heteroatoms. The van der Waals surface area contributed by atoms with Gasteiger partial charge >= 0.3 is 0 Å². The van der Waals surface area contributed by atoms with Crippen LogP contribution in [0.3, 0.4) is 0 Å². The summed E-state index contributed by atoms with van der Waals surface area (Å²) in [7, 11) is 0. The summed E-state index contributed by atoms with van der Waals surface area (Å²) >= 11 is 6.02. The molecule has 0 aliphatic carbocycles. The third-order valence-corrected chi connectivity index (χ3v) is 3.14. The van der Waals surface area contributed by atoms with E-state index in [1.54, 1.807) is 17.0 Å². The molecule has 1 aliphatic heterocycles. The molecule has 1 N–H and O–H groups in total. The second-order valence-corrected chi connectivity index (χ2v) is 4.66. The maximum Gasteiger partial charge on any atom is 0.255 e. The number of hydrogen-bond donors (Lipinski definition) is 1. The summed E-state index contributed by atoms with van der Waals surface area (Å²) in [6.45, 7) is 0.304. The summed E-state index contributed by atoms with van der Waals surface area (Å²) in [5, 5.41) is 14.0. The molecule has 0 bridgehead atoms. The number of anilines is 1. The molecule has 0 saturated heterocycles. The van der Waals surface area contributed by atoms with Gasteiger partial charge in [0, 0.05) is 11.1 Å². The van der Waals surface area contributed by atoms with Crippen LogP contribution in [-0.2, 0) is 0 Å². The maximum atomic E-state index is 12.7. The first-order valence-electron chi connectivity index (χ1n) is 5.88. The summed E-state index contributed by atoms with van der Waals surface area (Å²) in [6, 6.07) is 3.20. The average molecular weight is 302 g/mol. The number of alkyl halides is 2. The highest BCUT2D eigenvalue weighted by molar-refractivity contribution is 6.31. The van der Waals surface area contributed by atoms with E-state index in [9.17, 15) is 8.78 Å². The smallest absolute Gasteiger partial charge is 0.255 e. The summed E-state index contributed by atoms with van der Waals surface area (Å²) < 4.78 is 30.9. The van der Waals surface area contributed by atoms with Crippen molar-refractivity contribution in [3.05, 3.63) is 17.2 Å². The van der Waals surface area contributed by atoms with Gasteiger partial charge in [0.2, 0.25) is 5.82 Å². The predicted molar refractivity (Wildman–Crippen MR) is 68.3 cm³/mol. The summed E-state index contributed by atoms with van der Waals surface area (Å²) in [4.78, 5) is 1.55. The first-order chi connectivity index (χ1) is 9.65. The van der Waals surface area contributed by atoms with Gasteiger partial charge in [0.15, 0.2) is 0 Å². The van der Waals surface area contributed by atoms with Crippen LogP contribution in [0.5, 0.6) is 5.75 Å². The van der Waals surface area contributed by atoms with Gasteiger partial charge in [0.05, 0.1) is 24.3 Å². The first kappa shape index (κ1) is 13.0. The maximum absolute atomic E-state index is 12.7. The Hall–Kier alpha value is -1.96. The number of fused-ring (bicyclic) bond motifs is 1. The van der Waals surface area contributed by atoms with Gasteiger partial charge in [-0.15, -0.1) is 10.2 Å². The van der Waals surface area contributed by atoms with Crippen LogP contribution in [0.4, 0.5) is 14.5 Å². The van der Waals surface area contributed by atoms with E-state index in [0.29, 0.717) is 35.2 Å². The van der Waals surface area contributed by atoms with Crippen LogP contribution in [0, 0.1) is 0 Å². The number of tetrazole rings is 1. The second kappa shape index (κ2) is 5.20. The zero-order chi connectivity index (χ0) is 14.1. The highest BCUT2D eigenvalue weighted by atomic mass is 35.5. The van der Waals surface area contributed by atoms with Gasteiger partial charge in [-0.05, 0) is 11.3 Å². The van der Waals surface area contributed by atoms with Crippen molar-refractivity contribution in [1.29, 1.82) is 0 Å². The van der Waals surface area contributed by atoms with Gasteiger partial charge in [0.1, 0.15) is 12.4 Å². The van der Waals surface area contributed by atoms with Crippen molar-refractivity contribution in [2.75, 3.05) is 24.6 Å². The van der Waals surface area contributed by atoms with Crippen molar-refractivity contribution < 1.29 is 13.5 Å². The lowest BCUT2D eigenvalue weighted by molar-refractivity contribution is 0.151. The Bertz CT molecular complexity index is 607. The molecule has 0 amide bonds. The standard InChI is InChI=1S/C11H10ClF2N5O/c12-6-3-7(11-15-17-18-16-11)10-8(4-6)20-2-1-19(10)5-9(13)14/h3-4,9H,1-2,5H2,(H,15,16,17,18). The normalized spacial score (nSPS) is 14.3. The molecule has 0 spiro atoms. The van der Waals surface area contributed by atoms with Crippen molar-refractivity contribution in [2.45, 2.75) is 6.43 Å². The Kier molecular flexibility index (Phi) is 3.39. The summed E-state index contributed by atoms with van der Waals surface area (Å²) in [6.07, 6.45) is -2.45.